The molecule has 0 bridgehead atoms. The lowest BCUT2D eigenvalue weighted by atomic mass is 10.5. The Hall–Kier alpha value is -1.62. The Labute approximate surface area is 76.3 Å². The molecule has 5 heteroatoms. The van der Waals surface area contributed by atoms with Gasteiger partial charge in [-0.05, 0) is 12.2 Å². The molecule has 0 rings (SSSR count). The van der Waals surface area contributed by atoms with Crippen LogP contribution in [-0.4, -0.2) is 35.2 Å². The fourth-order valence-corrected chi connectivity index (χ4v) is 0.572. The highest BCUT2D eigenvalue weighted by atomic mass is 16.3. The van der Waals surface area contributed by atoms with Gasteiger partial charge in [0, 0.05) is 0 Å². The SMILES string of the molecule is C=CC(=O)NCN(CO)C(=O)C=C. The van der Waals surface area contributed by atoms with E-state index in [4.69, 9.17) is 5.11 Å². The van der Waals surface area contributed by atoms with Crippen molar-refractivity contribution in [2.45, 2.75) is 0 Å². The van der Waals surface area contributed by atoms with Crippen molar-refractivity contribution in [1.29, 1.82) is 0 Å². The van der Waals surface area contributed by atoms with Gasteiger partial charge in [0.25, 0.3) is 0 Å². The third-order valence-corrected chi connectivity index (χ3v) is 1.29. The van der Waals surface area contributed by atoms with Crippen molar-refractivity contribution >= 4 is 11.8 Å². The average molecular weight is 184 g/mol. The quantitative estimate of drug-likeness (QED) is 0.434. The van der Waals surface area contributed by atoms with Gasteiger partial charge in [-0.1, -0.05) is 13.2 Å². The van der Waals surface area contributed by atoms with Crippen LogP contribution in [0.25, 0.3) is 0 Å². The largest absolute Gasteiger partial charge is 0.376 e. The van der Waals surface area contributed by atoms with E-state index in [-0.39, 0.29) is 6.67 Å². The molecule has 0 aromatic carbocycles. The number of nitrogens with one attached hydrogen (secondary N) is 1. The summed E-state index contributed by atoms with van der Waals surface area (Å²) >= 11 is 0. The van der Waals surface area contributed by atoms with Crippen molar-refractivity contribution in [3.63, 3.8) is 0 Å². The fraction of sp³-hybridized carbons (Fsp3) is 0.250. The van der Waals surface area contributed by atoms with Gasteiger partial charge in [-0.15, -0.1) is 0 Å². The molecule has 0 atom stereocenters. The van der Waals surface area contributed by atoms with Crippen LogP contribution >= 0.6 is 0 Å². The van der Waals surface area contributed by atoms with Crippen molar-refractivity contribution in [1.82, 2.24) is 10.2 Å². The molecule has 0 heterocycles. The summed E-state index contributed by atoms with van der Waals surface area (Å²) in [5.74, 6) is -0.859. The van der Waals surface area contributed by atoms with Crippen LogP contribution in [0.3, 0.4) is 0 Å². The first-order valence-corrected chi connectivity index (χ1v) is 3.58. The fourth-order valence-electron chi connectivity index (χ4n) is 0.572. The summed E-state index contributed by atoms with van der Waals surface area (Å²) < 4.78 is 0. The standard InChI is InChI=1S/C8H12N2O3/c1-3-7(12)9-5-10(6-11)8(13)4-2/h3-4,11H,1-2,5-6H2,(H,9,12). The second-order valence-electron chi connectivity index (χ2n) is 2.13. The molecule has 0 aliphatic rings. The molecule has 0 aliphatic heterocycles. The molecule has 2 N–H and O–H groups in total. The maximum atomic E-state index is 10.9. The second kappa shape index (κ2) is 5.96. The molecule has 0 saturated carbocycles. The molecule has 0 fully saturated rings. The first-order chi connectivity index (χ1) is 6.15. The maximum Gasteiger partial charge on any atom is 0.249 e. The van der Waals surface area contributed by atoms with E-state index in [1.165, 1.54) is 0 Å². The number of aliphatic hydroxyl groups excluding tert-OH is 1. The monoisotopic (exact) mass is 184 g/mol. The molecule has 0 aliphatic carbocycles. The normalized spacial score (nSPS) is 8.69. The predicted octanol–water partition coefficient (Wildman–Crippen LogP) is -0.789. The van der Waals surface area contributed by atoms with Gasteiger partial charge in [0.15, 0.2) is 0 Å². The molecule has 0 aromatic heterocycles. The van der Waals surface area contributed by atoms with Crippen molar-refractivity contribution < 1.29 is 14.7 Å². The first-order valence-electron chi connectivity index (χ1n) is 3.58. The van der Waals surface area contributed by atoms with Gasteiger partial charge in [0.2, 0.25) is 11.8 Å². The van der Waals surface area contributed by atoms with Crippen molar-refractivity contribution in [2.24, 2.45) is 0 Å². The van der Waals surface area contributed by atoms with Crippen LogP contribution in [0.5, 0.6) is 0 Å². The van der Waals surface area contributed by atoms with Crippen LogP contribution in [0, 0.1) is 0 Å². The number of rotatable bonds is 5. The van der Waals surface area contributed by atoms with E-state index in [1.54, 1.807) is 0 Å². The summed E-state index contributed by atoms with van der Waals surface area (Å²) in [6, 6.07) is 0. The third-order valence-electron chi connectivity index (χ3n) is 1.29. The van der Waals surface area contributed by atoms with Gasteiger partial charge < -0.3 is 10.4 Å². The molecule has 0 aromatic rings. The van der Waals surface area contributed by atoms with Gasteiger partial charge >= 0.3 is 0 Å². The van der Waals surface area contributed by atoms with E-state index >= 15 is 0 Å². The van der Waals surface area contributed by atoms with Gasteiger partial charge in [0.1, 0.15) is 6.73 Å². The average Bonchev–Trinajstić information content (AvgIpc) is 2.17. The summed E-state index contributed by atoms with van der Waals surface area (Å²) in [7, 11) is 0. The number of hydrogen-bond acceptors (Lipinski definition) is 3. The van der Waals surface area contributed by atoms with E-state index in [9.17, 15) is 9.59 Å². The van der Waals surface area contributed by atoms with E-state index in [1.807, 2.05) is 0 Å². The third kappa shape index (κ3) is 4.07. The number of carbonyl (C=O) groups excluding carboxylic acids is 2. The van der Waals surface area contributed by atoms with Gasteiger partial charge in [-0.3, -0.25) is 14.5 Å². The minimum atomic E-state index is -0.470. The van der Waals surface area contributed by atoms with Gasteiger partial charge in [-0.2, -0.15) is 0 Å². The minimum Gasteiger partial charge on any atom is -0.376 e. The van der Waals surface area contributed by atoms with Crippen LogP contribution in [0.2, 0.25) is 0 Å². The first kappa shape index (κ1) is 11.4. The highest BCUT2D eigenvalue weighted by molar-refractivity contribution is 5.89. The molecule has 0 radical (unpaired) electrons. The molecular weight excluding hydrogens is 172 g/mol. The van der Waals surface area contributed by atoms with Gasteiger partial charge in [-0.25, -0.2) is 0 Å². The van der Waals surface area contributed by atoms with E-state index < -0.39 is 18.5 Å². The maximum absolute atomic E-state index is 10.9. The molecule has 13 heavy (non-hydrogen) atoms. The van der Waals surface area contributed by atoms with Crippen LogP contribution in [0.4, 0.5) is 0 Å². The molecule has 2 amide bonds. The van der Waals surface area contributed by atoms with Crippen LogP contribution < -0.4 is 5.32 Å². The van der Waals surface area contributed by atoms with Gasteiger partial charge in [0.05, 0.1) is 6.67 Å². The van der Waals surface area contributed by atoms with E-state index in [0.717, 1.165) is 17.1 Å². The lowest BCUT2D eigenvalue weighted by Gasteiger charge is -2.17. The Bertz CT molecular complexity index is 225. The Morgan fingerprint density at radius 3 is 2.38 bits per heavy atom. The van der Waals surface area contributed by atoms with E-state index in [2.05, 4.69) is 18.5 Å². The minimum absolute atomic E-state index is 0.0633. The zero-order chi connectivity index (χ0) is 10.3. The number of aliphatic hydroxyl groups is 1. The summed E-state index contributed by atoms with van der Waals surface area (Å²) in [6.07, 6.45) is 2.13. The Morgan fingerprint density at radius 1 is 1.38 bits per heavy atom. The molecule has 0 spiro atoms. The highest BCUT2D eigenvalue weighted by Crippen LogP contribution is 1.86. The predicted molar refractivity (Wildman–Crippen MR) is 47.3 cm³/mol. The summed E-state index contributed by atoms with van der Waals surface area (Å²) in [5.41, 5.74) is 0. The lowest BCUT2D eigenvalue weighted by molar-refractivity contribution is -0.130. The zero-order valence-corrected chi connectivity index (χ0v) is 7.19. The Balaban J connectivity index is 3.98. The smallest absolute Gasteiger partial charge is 0.249 e. The van der Waals surface area contributed by atoms with Crippen LogP contribution in [0.15, 0.2) is 25.3 Å². The molecule has 0 unspecified atom stereocenters. The number of carbonyl (C=O) groups is 2. The molecular formula is C8H12N2O3. The molecule has 5 nitrogen and oxygen atoms in total. The molecule has 0 saturated heterocycles. The summed E-state index contributed by atoms with van der Waals surface area (Å²) in [5, 5.41) is 11.0. The Kier molecular flexibility index (Phi) is 5.22. The summed E-state index contributed by atoms with van der Waals surface area (Å²) in [6.45, 7) is 5.94. The topological polar surface area (TPSA) is 69.6 Å². The zero-order valence-electron chi connectivity index (χ0n) is 7.19. The number of hydrogen-bond donors (Lipinski definition) is 2. The number of amides is 2. The van der Waals surface area contributed by atoms with E-state index in [0.29, 0.717) is 0 Å². The lowest BCUT2D eigenvalue weighted by Crippen LogP contribution is -2.40. The van der Waals surface area contributed by atoms with Crippen molar-refractivity contribution in [3.8, 4) is 0 Å². The molecule has 72 valence electrons. The van der Waals surface area contributed by atoms with Crippen LogP contribution in [-0.2, 0) is 9.59 Å². The summed E-state index contributed by atoms with van der Waals surface area (Å²) in [4.78, 5) is 22.6. The highest BCUT2D eigenvalue weighted by Gasteiger charge is 2.07. The van der Waals surface area contributed by atoms with Crippen LogP contribution in [0.1, 0.15) is 0 Å². The van der Waals surface area contributed by atoms with Crippen molar-refractivity contribution in [2.75, 3.05) is 13.4 Å². The number of nitrogens with zero attached hydrogens (tertiary/aromatic N) is 1. The Morgan fingerprint density at radius 2 is 2.00 bits per heavy atom. The second-order valence-corrected chi connectivity index (χ2v) is 2.13. The van der Waals surface area contributed by atoms with Crippen molar-refractivity contribution in [3.05, 3.63) is 25.3 Å².